The van der Waals surface area contributed by atoms with Crippen molar-refractivity contribution in [3.8, 4) is 0 Å². The van der Waals surface area contributed by atoms with Crippen LogP contribution in [0.3, 0.4) is 0 Å². The lowest BCUT2D eigenvalue weighted by Crippen LogP contribution is -2.61. The van der Waals surface area contributed by atoms with Crippen molar-refractivity contribution in [3.05, 3.63) is 0 Å². The van der Waals surface area contributed by atoms with E-state index in [4.69, 9.17) is 4.74 Å². The molecule has 0 aromatic carbocycles. The molecule has 2 saturated heterocycles. The summed E-state index contributed by atoms with van der Waals surface area (Å²) in [6.45, 7) is 8.04. The van der Waals surface area contributed by atoms with Crippen molar-refractivity contribution < 1.29 is 4.74 Å². The minimum absolute atomic E-state index is 0.263. The molecule has 1 N–H and O–H groups in total. The van der Waals surface area contributed by atoms with Crippen LogP contribution in [0.5, 0.6) is 0 Å². The van der Waals surface area contributed by atoms with Gasteiger partial charge in [0.2, 0.25) is 0 Å². The van der Waals surface area contributed by atoms with Gasteiger partial charge in [-0.25, -0.2) is 0 Å². The Morgan fingerprint density at radius 3 is 2.75 bits per heavy atom. The van der Waals surface area contributed by atoms with Crippen LogP contribution < -0.4 is 5.32 Å². The average molecular weight is 226 g/mol. The van der Waals surface area contributed by atoms with E-state index in [1.807, 2.05) is 0 Å². The lowest BCUT2D eigenvalue weighted by atomic mass is 9.84. The fourth-order valence-corrected chi connectivity index (χ4v) is 3.21. The molecule has 2 fully saturated rings. The normalized spacial score (nSPS) is 35.4. The monoisotopic (exact) mass is 226 g/mol. The summed E-state index contributed by atoms with van der Waals surface area (Å²) in [5.74, 6) is 0. The van der Waals surface area contributed by atoms with Crippen LogP contribution in [0.15, 0.2) is 0 Å². The Labute approximate surface area is 99.5 Å². The molecule has 0 amide bonds. The summed E-state index contributed by atoms with van der Waals surface area (Å²) in [7, 11) is 2.09. The molecule has 0 spiro atoms. The van der Waals surface area contributed by atoms with Gasteiger partial charge in [-0.2, -0.15) is 0 Å². The number of likely N-dealkylation sites (N-methyl/N-ethyl adjacent to an activating group) is 1. The lowest BCUT2D eigenvalue weighted by Gasteiger charge is -2.48. The van der Waals surface area contributed by atoms with Gasteiger partial charge in [0.25, 0.3) is 0 Å². The van der Waals surface area contributed by atoms with Crippen LogP contribution in [0.2, 0.25) is 0 Å². The number of ether oxygens (including phenoxy) is 1. The summed E-state index contributed by atoms with van der Waals surface area (Å²) < 4.78 is 5.76. The number of hydrogen-bond acceptors (Lipinski definition) is 3. The number of rotatable bonds is 3. The van der Waals surface area contributed by atoms with Gasteiger partial charge in [-0.1, -0.05) is 0 Å². The third-order valence-electron chi connectivity index (χ3n) is 4.39. The zero-order valence-corrected chi connectivity index (χ0v) is 11.0. The van der Waals surface area contributed by atoms with E-state index >= 15 is 0 Å². The molecule has 0 aromatic rings. The minimum Gasteiger partial charge on any atom is -0.377 e. The van der Waals surface area contributed by atoms with E-state index in [1.54, 1.807) is 0 Å². The standard InChI is InChI=1S/C13H26N2O/c1-13(2)12(14-3)7-4-8-15(13)10-11-6-5-9-16-11/h11-12,14H,4-10H2,1-3H3. The van der Waals surface area contributed by atoms with Gasteiger partial charge in [0, 0.05) is 24.7 Å². The predicted molar refractivity (Wildman–Crippen MR) is 66.7 cm³/mol. The van der Waals surface area contributed by atoms with Gasteiger partial charge >= 0.3 is 0 Å². The summed E-state index contributed by atoms with van der Waals surface area (Å²) in [6.07, 6.45) is 5.58. The number of nitrogens with one attached hydrogen (secondary N) is 1. The second kappa shape index (κ2) is 5.03. The van der Waals surface area contributed by atoms with Crippen LogP contribution in [0.25, 0.3) is 0 Å². The Bertz CT molecular complexity index is 224. The Kier molecular flexibility index (Phi) is 3.88. The Balaban J connectivity index is 1.96. The fraction of sp³-hybridized carbons (Fsp3) is 1.00. The molecule has 0 bridgehead atoms. The molecule has 3 heteroatoms. The zero-order valence-electron chi connectivity index (χ0n) is 11.0. The average Bonchev–Trinajstić information content (AvgIpc) is 2.73. The maximum atomic E-state index is 5.76. The van der Waals surface area contributed by atoms with Gasteiger partial charge in [-0.15, -0.1) is 0 Å². The van der Waals surface area contributed by atoms with Crippen LogP contribution in [-0.2, 0) is 4.74 Å². The van der Waals surface area contributed by atoms with Crippen LogP contribution >= 0.6 is 0 Å². The van der Waals surface area contributed by atoms with Gasteiger partial charge in [0.1, 0.15) is 0 Å². The van der Waals surface area contributed by atoms with E-state index in [2.05, 4.69) is 31.1 Å². The molecular weight excluding hydrogens is 200 g/mol. The van der Waals surface area contributed by atoms with E-state index in [-0.39, 0.29) is 5.54 Å². The van der Waals surface area contributed by atoms with Crippen molar-refractivity contribution in [2.45, 2.75) is 57.2 Å². The fourth-order valence-electron chi connectivity index (χ4n) is 3.21. The zero-order chi connectivity index (χ0) is 11.6. The first-order chi connectivity index (χ1) is 7.64. The van der Waals surface area contributed by atoms with E-state index in [1.165, 1.54) is 32.2 Å². The van der Waals surface area contributed by atoms with Gasteiger partial charge in [-0.3, -0.25) is 4.90 Å². The Morgan fingerprint density at radius 2 is 2.12 bits per heavy atom. The molecule has 0 saturated carbocycles. The van der Waals surface area contributed by atoms with Crippen LogP contribution in [0, 0.1) is 0 Å². The van der Waals surface area contributed by atoms with Crippen LogP contribution in [-0.4, -0.2) is 49.3 Å². The first kappa shape index (κ1) is 12.3. The van der Waals surface area contributed by atoms with Crippen molar-refractivity contribution in [2.75, 3.05) is 26.7 Å². The molecule has 2 rings (SSSR count). The maximum absolute atomic E-state index is 5.76. The third kappa shape index (κ3) is 2.41. The first-order valence-corrected chi connectivity index (χ1v) is 6.68. The number of piperidine rings is 1. The van der Waals surface area contributed by atoms with E-state index in [0.29, 0.717) is 12.1 Å². The molecule has 16 heavy (non-hydrogen) atoms. The first-order valence-electron chi connectivity index (χ1n) is 6.68. The summed E-state index contributed by atoms with van der Waals surface area (Å²) in [5, 5.41) is 3.47. The van der Waals surface area contributed by atoms with E-state index < -0.39 is 0 Å². The molecule has 0 radical (unpaired) electrons. The number of nitrogens with zero attached hydrogens (tertiary/aromatic N) is 1. The minimum atomic E-state index is 0.263. The summed E-state index contributed by atoms with van der Waals surface area (Å²) in [5.41, 5.74) is 0.263. The maximum Gasteiger partial charge on any atom is 0.0703 e. The Morgan fingerprint density at radius 1 is 1.31 bits per heavy atom. The molecule has 94 valence electrons. The van der Waals surface area contributed by atoms with Crippen LogP contribution in [0.1, 0.15) is 39.5 Å². The topological polar surface area (TPSA) is 24.5 Å². The van der Waals surface area contributed by atoms with Crippen molar-refractivity contribution in [2.24, 2.45) is 0 Å². The second-order valence-electron chi connectivity index (χ2n) is 5.72. The molecule has 2 aliphatic rings. The highest BCUT2D eigenvalue weighted by Gasteiger charge is 2.38. The molecule has 2 aliphatic heterocycles. The van der Waals surface area contributed by atoms with E-state index in [0.717, 1.165) is 13.2 Å². The van der Waals surface area contributed by atoms with Gasteiger partial charge in [0.15, 0.2) is 0 Å². The smallest absolute Gasteiger partial charge is 0.0703 e. The quantitative estimate of drug-likeness (QED) is 0.791. The van der Waals surface area contributed by atoms with Crippen molar-refractivity contribution in [1.29, 1.82) is 0 Å². The molecule has 2 atom stereocenters. The summed E-state index contributed by atoms with van der Waals surface area (Å²) in [4.78, 5) is 2.62. The van der Waals surface area contributed by atoms with E-state index in [9.17, 15) is 0 Å². The largest absolute Gasteiger partial charge is 0.377 e. The number of likely N-dealkylation sites (tertiary alicyclic amines) is 1. The molecule has 0 aliphatic carbocycles. The highest BCUT2D eigenvalue weighted by atomic mass is 16.5. The SMILES string of the molecule is CNC1CCCN(CC2CCCO2)C1(C)C. The highest BCUT2D eigenvalue weighted by Crippen LogP contribution is 2.29. The van der Waals surface area contributed by atoms with Crippen molar-refractivity contribution >= 4 is 0 Å². The molecule has 3 nitrogen and oxygen atoms in total. The van der Waals surface area contributed by atoms with Crippen LogP contribution in [0.4, 0.5) is 0 Å². The van der Waals surface area contributed by atoms with Gasteiger partial charge in [0.05, 0.1) is 6.10 Å². The van der Waals surface area contributed by atoms with Gasteiger partial charge in [-0.05, 0) is 53.1 Å². The molecular formula is C13H26N2O. The summed E-state index contributed by atoms with van der Waals surface area (Å²) >= 11 is 0. The third-order valence-corrected chi connectivity index (χ3v) is 4.39. The molecule has 2 unspecified atom stereocenters. The lowest BCUT2D eigenvalue weighted by molar-refractivity contribution is -0.00321. The number of hydrogen-bond donors (Lipinski definition) is 1. The Hall–Kier alpha value is -0.120. The molecule has 2 heterocycles. The highest BCUT2D eigenvalue weighted by molar-refractivity contribution is 4.97. The summed E-state index contributed by atoms with van der Waals surface area (Å²) in [6, 6.07) is 0.614. The second-order valence-corrected chi connectivity index (χ2v) is 5.72. The van der Waals surface area contributed by atoms with Crippen molar-refractivity contribution in [1.82, 2.24) is 10.2 Å². The van der Waals surface area contributed by atoms with Gasteiger partial charge < -0.3 is 10.1 Å². The predicted octanol–water partition coefficient (Wildman–Crippen LogP) is 1.63. The van der Waals surface area contributed by atoms with Crippen molar-refractivity contribution in [3.63, 3.8) is 0 Å². The molecule has 0 aromatic heterocycles.